The molecule has 1 aromatic carbocycles. The third-order valence-corrected chi connectivity index (χ3v) is 3.15. The summed E-state index contributed by atoms with van der Waals surface area (Å²) in [6.45, 7) is 0. The molecule has 2 nitrogen and oxygen atoms in total. The molecule has 0 atom stereocenters. The summed E-state index contributed by atoms with van der Waals surface area (Å²) >= 11 is 1.36. The quantitative estimate of drug-likeness (QED) is 0.783. The number of alkyl halides is 3. The average molecular weight is 285 g/mol. The molecule has 0 aliphatic heterocycles. The Kier molecular flexibility index (Phi) is 4.31. The molecule has 0 saturated heterocycles. The number of rotatable bonds is 4. The molecule has 0 aliphatic rings. The van der Waals surface area contributed by atoms with Crippen molar-refractivity contribution in [2.45, 2.75) is 17.1 Å². The summed E-state index contributed by atoms with van der Waals surface area (Å²) in [6, 6.07) is 13.9. The fraction of sp³-hybridized carbons (Fsp3) is 0.154. The summed E-state index contributed by atoms with van der Waals surface area (Å²) in [5.41, 5.74) is 1.08. The number of hydrogen-bond donors (Lipinski definition) is 0. The van der Waals surface area contributed by atoms with Crippen molar-refractivity contribution >= 4 is 11.8 Å². The van der Waals surface area contributed by atoms with Gasteiger partial charge in [-0.1, -0.05) is 36.4 Å². The zero-order valence-corrected chi connectivity index (χ0v) is 10.5. The van der Waals surface area contributed by atoms with E-state index in [1.165, 1.54) is 23.9 Å². The van der Waals surface area contributed by atoms with E-state index in [2.05, 4.69) is 9.72 Å². The molecule has 100 valence electrons. The van der Waals surface area contributed by atoms with Gasteiger partial charge in [-0.25, -0.2) is 4.98 Å². The van der Waals surface area contributed by atoms with Crippen LogP contribution in [0.2, 0.25) is 0 Å². The first-order valence-corrected chi connectivity index (χ1v) is 6.41. The maximum Gasteiger partial charge on any atom is 0.574 e. The standard InChI is InChI=1S/C13H10F3NOS/c14-13(15,16)18-11-7-4-8-12(17-11)19-9-10-5-2-1-3-6-10/h1-8H,9H2. The molecular formula is C13H10F3NOS. The van der Waals surface area contributed by atoms with Crippen molar-refractivity contribution in [2.75, 3.05) is 0 Å². The number of thioether (sulfide) groups is 1. The summed E-state index contributed by atoms with van der Waals surface area (Å²) in [6.07, 6.45) is -4.71. The van der Waals surface area contributed by atoms with Crippen molar-refractivity contribution in [1.29, 1.82) is 0 Å². The van der Waals surface area contributed by atoms with Gasteiger partial charge in [-0.05, 0) is 11.6 Å². The van der Waals surface area contributed by atoms with E-state index in [0.29, 0.717) is 10.8 Å². The fourth-order valence-corrected chi connectivity index (χ4v) is 2.22. The first-order chi connectivity index (χ1) is 9.03. The summed E-state index contributed by atoms with van der Waals surface area (Å²) in [5.74, 6) is 0.203. The van der Waals surface area contributed by atoms with Crippen LogP contribution in [-0.2, 0) is 5.75 Å². The van der Waals surface area contributed by atoms with Gasteiger partial charge < -0.3 is 4.74 Å². The number of halogens is 3. The highest BCUT2D eigenvalue weighted by Crippen LogP contribution is 2.25. The van der Waals surface area contributed by atoms with Crippen LogP contribution in [0.5, 0.6) is 5.88 Å². The van der Waals surface area contributed by atoms with Gasteiger partial charge in [0.1, 0.15) is 5.03 Å². The second-order valence-electron chi connectivity index (χ2n) is 3.64. The van der Waals surface area contributed by atoms with Gasteiger partial charge >= 0.3 is 6.36 Å². The van der Waals surface area contributed by atoms with Gasteiger partial charge in [0.25, 0.3) is 0 Å². The average Bonchev–Trinajstić information content (AvgIpc) is 2.36. The molecule has 0 spiro atoms. The zero-order valence-electron chi connectivity index (χ0n) is 9.72. The number of ether oxygens (including phenoxy) is 1. The van der Waals surface area contributed by atoms with Gasteiger partial charge in [0.05, 0.1) is 0 Å². The fourth-order valence-electron chi connectivity index (χ4n) is 1.38. The van der Waals surface area contributed by atoms with Crippen LogP contribution in [-0.4, -0.2) is 11.3 Å². The molecule has 0 N–H and O–H groups in total. The van der Waals surface area contributed by atoms with Crippen LogP contribution in [0, 0.1) is 0 Å². The monoisotopic (exact) mass is 285 g/mol. The van der Waals surface area contributed by atoms with E-state index in [1.807, 2.05) is 30.3 Å². The molecule has 0 unspecified atom stereocenters. The first-order valence-electron chi connectivity index (χ1n) is 5.42. The Morgan fingerprint density at radius 1 is 1.00 bits per heavy atom. The minimum absolute atomic E-state index is 0.439. The number of hydrogen-bond acceptors (Lipinski definition) is 3. The van der Waals surface area contributed by atoms with Crippen LogP contribution in [0.1, 0.15) is 5.56 Å². The normalized spacial score (nSPS) is 11.3. The SMILES string of the molecule is FC(F)(F)Oc1cccc(SCc2ccccc2)n1. The predicted molar refractivity (Wildman–Crippen MR) is 66.9 cm³/mol. The predicted octanol–water partition coefficient (Wildman–Crippen LogP) is 4.27. The number of pyridine rings is 1. The minimum Gasteiger partial charge on any atom is -0.388 e. The first kappa shape index (κ1) is 13.7. The molecule has 0 bridgehead atoms. The van der Waals surface area contributed by atoms with Gasteiger partial charge in [-0.3, -0.25) is 0 Å². The molecule has 19 heavy (non-hydrogen) atoms. The third kappa shape index (κ3) is 4.82. The largest absolute Gasteiger partial charge is 0.574 e. The van der Waals surface area contributed by atoms with Crippen LogP contribution in [0.3, 0.4) is 0 Å². The van der Waals surface area contributed by atoms with E-state index in [9.17, 15) is 13.2 Å². The third-order valence-electron chi connectivity index (χ3n) is 2.15. The van der Waals surface area contributed by atoms with E-state index in [4.69, 9.17) is 0 Å². The topological polar surface area (TPSA) is 22.1 Å². The molecular weight excluding hydrogens is 275 g/mol. The Labute approximate surface area is 112 Å². The van der Waals surface area contributed by atoms with Gasteiger partial charge in [0.15, 0.2) is 0 Å². The minimum atomic E-state index is -4.71. The smallest absolute Gasteiger partial charge is 0.388 e. The lowest BCUT2D eigenvalue weighted by molar-refractivity contribution is -0.276. The maximum atomic E-state index is 12.1. The molecule has 1 heterocycles. The van der Waals surface area contributed by atoms with Crippen molar-refractivity contribution < 1.29 is 17.9 Å². The zero-order chi connectivity index (χ0) is 13.7. The van der Waals surface area contributed by atoms with Crippen LogP contribution in [0.4, 0.5) is 13.2 Å². The highest BCUT2D eigenvalue weighted by Gasteiger charge is 2.31. The van der Waals surface area contributed by atoms with Crippen LogP contribution in [0.25, 0.3) is 0 Å². The van der Waals surface area contributed by atoms with Crippen molar-refractivity contribution in [3.8, 4) is 5.88 Å². The van der Waals surface area contributed by atoms with E-state index in [0.717, 1.165) is 5.56 Å². The van der Waals surface area contributed by atoms with Gasteiger partial charge in [0.2, 0.25) is 5.88 Å². The van der Waals surface area contributed by atoms with E-state index in [-0.39, 0.29) is 0 Å². The lowest BCUT2D eigenvalue weighted by Crippen LogP contribution is -2.17. The number of nitrogens with zero attached hydrogens (tertiary/aromatic N) is 1. The van der Waals surface area contributed by atoms with Crippen molar-refractivity contribution in [3.05, 3.63) is 54.1 Å². The molecule has 0 fully saturated rings. The number of benzene rings is 1. The van der Waals surface area contributed by atoms with E-state index < -0.39 is 12.2 Å². The molecule has 0 amide bonds. The van der Waals surface area contributed by atoms with Gasteiger partial charge in [-0.2, -0.15) is 0 Å². The van der Waals surface area contributed by atoms with Gasteiger partial charge in [-0.15, -0.1) is 24.9 Å². The lowest BCUT2D eigenvalue weighted by atomic mass is 10.2. The van der Waals surface area contributed by atoms with Gasteiger partial charge in [0, 0.05) is 11.8 Å². The highest BCUT2D eigenvalue weighted by molar-refractivity contribution is 7.98. The van der Waals surface area contributed by atoms with Crippen LogP contribution < -0.4 is 4.74 Å². The van der Waals surface area contributed by atoms with Crippen LogP contribution in [0.15, 0.2) is 53.6 Å². The second kappa shape index (κ2) is 5.97. The van der Waals surface area contributed by atoms with Crippen molar-refractivity contribution in [1.82, 2.24) is 4.98 Å². The van der Waals surface area contributed by atoms with Crippen LogP contribution >= 0.6 is 11.8 Å². The molecule has 2 aromatic rings. The van der Waals surface area contributed by atoms with Crippen molar-refractivity contribution in [3.63, 3.8) is 0 Å². The van der Waals surface area contributed by atoms with Crippen molar-refractivity contribution in [2.24, 2.45) is 0 Å². The molecule has 0 saturated carbocycles. The Morgan fingerprint density at radius 3 is 2.42 bits per heavy atom. The molecule has 1 aromatic heterocycles. The molecule has 0 aliphatic carbocycles. The second-order valence-corrected chi connectivity index (χ2v) is 4.63. The molecule has 6 heteroatoms. The Hall–Kier alpha value is -1.69. The molecule has 0 radical (unpaired) electrons. The summed E-state index contributed by atoms with van der Waals surface area (Å²) < 4.78 is 39.9. The molecule has 2 rings (SSSR count). The summed E-state index contributed by atoms with van der Waals surface area (Å²) in [4.78, 5) is 3.79. The summed E-state index contributed by atoms with van der Waals surface area (Å²) in [5, 5.41) is 0.491. The van der Waals surface area contributed by atoms with E-state index >= 15 is 0 Å². The Balaban J connectivity index is 1.99. The Bertz CT molecular complexity index is 531. The summed E-state index contributed by atoms with van der Waals surface area (Å²) in [7, 11) is 0. The highest BCUT2D eigenvalue weighted by atomic mass is 32.2. The maximum absolute atomic E-state index is 12.1. The number of aromatic nitrogens is 1. The Morgan fingerprint density at radius 2 is 1.74 bits per heavy atom. The van der Waals surface area contributed by atoms with E-state index in [1.54, 1.807) is 6.07 Å². The lowest BCUT2D eigenvalue weighted by Gasteiger charge is -2.08.